The first-order valence-corrected chi connectivity index (χ1v) is 48.6. The second-order valence-corrected chi connectivity index (χ2v) is 41.5. The lowest BCUT2D eigenvalue weighted by atomic mass is 9.86. The van der Waals surface area contributed by atoms with Gasteiger partial charge in [0.25, 0.3) is 0 Å². The van der Waals surface area contributed by atoms with Crippen molar-refractivity contribution >= 4 is 67.0 Å². The third kappa shape index (κ3) is 20.3. The van der Waals surface area contributed by atoms with E-state index >= 15 is 0 Å². The Hall–Kier alpha value is -9.41. The molecule has 2 spiro atoms. The number of fused-ring (bicyclic) bond motifs is 6. The molecule has 0 N–H and O–H groups in total. The molecule has 2 aromatic heterocycles. The molecule has 123 heavy (non-hydrogen) atoms. The van der Waals surface area contributed by atoms with Crippen LogP contribution in [0.3, 0.4) is 0 Å². The standard InChI is InChI=1S/C55H58O6SSi.C52H49ClO6S/c1-5-39-26-28-40(29-27-39)30-47-46-32-48-45(31-50(46)62-54(47)63(2,3)4)37-60-55(48)53(59-36-44-24-16-9-17-25-44)52(58-35-43-22-14-8-15-23-43)51(57-34-42-20-12-7-13-21-42)49(61-55)38-56-33-41-18-10-6-11-19-41;1-2-36-23-25-37(26-24-36)27-44-43-29-45-42(28-47(43)60-51(44)53)34-58-52(45)50(57-33-41-21-13-6-14-22-41)49(56-32-40-19-11-5-12-20-40)48(55-31-39-17-9-4-10-18-39)46(59-52)35-54-30-38-15-7-3-8-16-38/h6-29,31-32,49,51-53H,5,30,33-38H2,1-4H3;3-26,28-29,46,48-50H,2,27,30-35H2,1H3/t49-,51-,52+,53-,55+;46-,48-,49+,50-,52+/m11/s1. The first-order chi connectivity index (χ1) is 60.3. The molecule has 0 bridgehead atoms. The molecule has 0 aliphatic carbocycles. The van der Waals surface area contributed by atoms with E-state index in [0.717, 1.165) is 106 Å². The zero-order valence-corrected chi connectivity index (χ0v) is 73.9. The maximum Gasteiger partial charge on any atom is 0.226 e. The lowest BCUT2D eigenvalue weighted by Crippen LogP contribution is -2.65. The summed E-state index contributed by atoms with van der Waals surface area (Å²) in [4.78, 5) is 0. The van der Waals surface area contributed by atoms with E-state index in [4.69, 9.17) is 68.4 Å². The highest BCUT2D eigenvalue weighted by Crippen LogP contribution is 2.54. The number of thiophene rings is 2. The topological polar surface area (TPSA) is 111 Å². The fourth-order valence-corrected chi connectivity index (χ4v) is 22.4. The van der Waals surface area contributed by atoms with Gasteiger partial charge < -0.3 is 56.8 Å². The van der Waals surface area contributed by atoms with E-state index in [0.29, 0.717) is 72.5 Å². The Bertz CT molecular complexity index is 5700. The van der Waals surface area contributed by atoms with Crippen molar-refractivity contribution in [3.05, 3.63) is 420 Å². The Morgan fingerprint density at radius 3 is 0.959 bits per heavy atom. The Morgan fingerprint density at radius 1 is 0.333 bits per heavy atom. The average Bonchev–Trinajstić information content (AvgIpc) is 1.59. The van der Waals surface area contributed by atoms with Crippen molar-refractivity contribution in [2.24, 2.45) is 0 Å². The summed E-state index contributed by atoms with van der Waals surface area (Å²) in [5.41, 5.74) is 20.1. The summed E-state index contributed by atoms with van der Waals surface area (Å²) in [7, 11) is -1.75. The van der Waals surface area contributed by atoms with E-state index in [-0.39, 0.29) is 13.2 Å². The van der Waals surface area contributed by atoms with Crippen LogP contribution in [0.5, 0.6) is 0 Å². The van der Waals surface area contributed by atoms with Gasteiger partial charge in [0, 0.05) is 26.9 Å². The molecular weight excluding hydrogens is 1600 g/mol. The number of rotatable bonds is 33. The molecule has 6 heterocycles. The molecule has 0 amide bonds. The molecule has 4 aliphatic rings. The van der Waals surface area contributed by atoms with Gasteiger partial charge in [0.15, 0.2) is 0 Å². The molecule has 14 aromatic rings. The van der Waals surface area contributed by atoms with Gasteiger partial charge in [-0.25, -0.2) is 0 Å². The van der Waals surface area contributed by atoms with E-state index in [2.05, 4.69) is 203 Å². The summed E-state index contributed by atoms with van der Waals surface area (Å²) >= 11 is 10.7. The molecule has 2 saturated heterocycles. The van der Waals surface area contributed by atoms with E-state index in [1.54, 1.807) is 11.3 Å². The first kappa shape index (κ1) is 85.7. The minimum Gasteiger partial charge on any atom is -0.374 e. The lowest BCUT2D eigenvalue weighted by Gasteiger charge is -2.51. The zero-order chi connectivity index (χ0) is 84.0. The number of ether oxygens (including phenoxy) is 12. The second-order valence-electron chi connectivity index (χ2n) is 33.4. The molecule has 0 saturated carbocycles. The van der Waals surface area contributed by atoms with Crippen molar-refractivity contribution in [3.63, 3.8) is 0 Å². The molecule has 16 heteroatoms. The number of benzene rings is 12. The maximum atomic E-state index is 7.53. The van der Waals surface area contributed by atoms with Gasteiger partial charge in [-0.05, 0) is 148 Å². The van der Waals surface area contributed by atoms with Crippen LogP contribution in [0.2, 0.25) is 24.0 Å². The SMILES string of the molecule is CCc1ccc(Cc2c(Cl)sc3cc4c(cc23)[C@]2(OC4)O[C@H](COCc3ccccc3)[C@@H](OCc3ccccc3)[C@H](OCc3ccccc3)[C@H]2OCc2ccccc2)cc1.CCc1ccc(Cc2c([Si](C)(C)C)sc3cc4c(cc23)[C@]2(OC4)O[C@H](COCc3ccccc3)[C@@H](OCc3ccccc3)[C@H](OCc3ccccc3)[C@H]2OCc2ccccc2)cc1. The lowest BCUT2D eigenvalue weighted by molar-refractivity contribution is -0.387. The summed E-state index contributed by atoms with van der Waals surface area (Å²) in [5, 5.41) is 2.34. The summed E-state index contributed by atoms with van der Waals surface area (Å²) in [6.07, 6.45) is -1.47. The molecular formula is C107H107ClO12S2Si. The Labute approximate surface area is 737 Å². The van der Waals surface area contributed by atoms with Crippen molar-refractivity contribution in [1.29, 1.82) is 0 Å². The number of halogens is 1. The molecule has 630 valence electrons. The van der Waals surface area contributed by atoms with Gasteiger partial charge in [-0.15, -0.1) is 22.7 Å². The van der Waals surface area contributed by atoms with E-state index in [9.17, 15) is 0 Å². The van der Waals surface area contributed by atoms with Crippen LogP contribution in [0.25, 0.3) is 20.2 Å². The Balaban J connectivity index is 0.000000175. The number of hydrogen-bond acceptors (Lipinski definition) is 14. The minimum absolute atomic E-state index is 0.233. The van der Waals surface area contributed by atoms with Gasteiger partial charge >= 0.3 is 0 Å². The first-order valence-electron chi connectivity index (χ1n) is 43.1. The monoisotopic (exact) mass is 1710 g/mol. The molecule has 18 rings (SSSR count). The van der Waals surface area contributed by atoms with Crippen molar-refractivity contribution in [1.82, 2.24) is 0 Å². The highest BCUT2D eigenvalue weighted by Gasteiger charge is 2.63. The van der Waals surface area contributed by atoms with Crippen molar-refractivity contribution < 1.29 is 56.8 Å². The molecule has 10 atom stereocenters. The van der Waals surface area contributed by atoms with Crippen molar-refractivity contribution in [3.8, 4) is 0 Å². The summed E-state index contributed by atoms with van der Waals surface area (Å²) in [6, 6.07) is 109. The normalized spacial score (nSPS) is 21.0. The predicted octanol–water partition coefficient (Wildman–Crippen LogP) is 23.4. The second kappa shape index (κ2) is 40.3. The molecule has 4 aliphatic heterocycles. The van der Waals surface area contributed by atoms with Crippen LogP contribution < -0.4 is 4.50 Å². The van der Waals surface area contributed by atoms with Crippen LogP contribution in [0, 0.1) is 0 Å². The van der Waals surface area contributed by atoms with Crippen LogP contribution >= 0.6 is 34.3 Å². The van der Waals surface area contributed by atoms with Crippen LogP contribution in [0.15, 0.2) is 315 Å². The highest BCUT2D eigenvalue weighted by atomic mass is 35.5. The zero-order valence-electron chi connectivity index (χ0n) is 70.5. The molecule has 12 nitrogen and oxygen atoms in total. The highest BCUT2D eigenvalue weighted by molar-refractivity contribution is 7.31. The van der Waals surface area contributed by atoms with Gasteiger partial charge in [-0.2, -0.15) is 0 Å². The fourth-order valence-electron chi connectivity index (χ4n) is 17.3. The van der Waals surface area contributed by atoms with Gasteiger partial charge in [-0.3, -0.25) is 0 Å². The van der Waals surface area contributed by atoms with Crippen molar-refractivity contribution in [2.75, 3.05) is 13.2 Å². The quantitative estimate of drug-likeness (QED) is 0.0365. The Kier molecular flexibility index (Phi) is 28.1. The summed E-state index contributed by atoms with van der Waals surface area (Å²) in [6.45, 7) is 15.9. The van der Waals surface area contributed by atoms with Gasteiger partial charge in [0.05, 0.1) is 91.7 Å². The largest absolute Gasteiger partial charge is 0.374 e. The average molecular weight is 1710 g/mol. The molecule has 0 radical (unpaired) electrons. The third-order valence-electron chi connectivity index (χ3n) is 23.8. The van der Waals surface area contributed by atoms with Crippen LogP contribution in [-0.4, -0.2) is 70.1 Å². The van der Waals surface area contributed by atoms with Crippen LogP contribution in [-0.2, 0) is 160 Å². The summed E-state index contributed by atoms with van der Waals surface area (Å²) < 4.78 is 89.4. The summed E-state index contributed by atoms with van der Waals surface area (Å²) in [5.74, 6) is -2.68. The number of hydrogen-bond donors (Lipinski definition) is 0. The van der Waals surface area contributed by atoms with Gasteiger partial charge in [-0.1, -0.05) is 336 Å². The fraction of sp³-hybridized carbons (Fsp3) is 0.290. The minimum atomic E-state index is -1.75. The van der Waals surface area contributed by atoms with Crippen molar-refractivity contribution in [2.45, 2.75) is 186 Å². The van der Waals surface area contributed by atoms with Crippen LogP contribution in [0.4, 0.5) is 0 Å². The van der Waals surface area contributed by atoms with E-state index < -0.39 is 68.5 Å². The van der Waals surface area contributed by atoms with Crippen LogP contribution in [0.1, 0.15) is 114 Å². The molecule has 2 fully saturated rings. The third-order valence-corrected chi connectivity index (χ3v) is 30.0. The number of aryl methyl sites for hydroxylation is 2. The van der Waals surface area contributed by atoms with Gasteiger partial charge in [0.1, 0.15) is 48.8 Å². The van der Waals surface area contributed by atoms with E-state index in [1.165, 1.54) is 42.4 Å². The predicted molar refractivity (Wildman–Crippen MR) is 494 cm³/mol. The molecule has 0 unspecified atom stereocenters. The van der Waals surface area contributed by atoms with E-state index in [1.807, 2.05) is 157 Å². The van der Waals surface area contributed by atoms with Gasteiger partial charge in [0.2, 0.25) is 11.6 Å². The smallest absolute Gasteiger partial charge is 0.226 e. The molecule has 12 aromatic carbocycles. The Morgan fingerprint density at radius 2 is 0.626 bits per heavy atom. The maximum absolute atomic E-state index is 7.53.